The molecule has 0 radical (unpaired) electrons. The first-order chi connectivity index (χ1) is 11.7. The summed E-state index contributed by atoms with van der Waals surface area (Å²) in [7, 11) is 3.11. The zero-order valence-corrected chi connectivity index (χ0v) is 16.1. The first kappa shape index (κ1) is 26.7. The third-order valence-electron chi connectivity index (χ3n) is 3.34. The molecule has 2 rings (SSSR count). The maximum atomic E-state index is 11.1. The van der Waals surface area contributed by atoms with E-state index in [4.69, 9.17) is 20.9 Å². The van der Waals surface area contributed by atoms with Crippen molar-refractivity contribution in [1.29, 1.82) is 0 Å². The second-order valence-corrected chi connectivity index (χ2v) is 5.99. The van der Waals surface area contributed by atoms with Crippen LogP contribution in [0.1, 0.15) is 49.4 Å². The van der Waals surface area contributed by atoms with Crippen LogP contribution in [0.25, 0.3) is 0 Å². The van der Waals surface area contributed by atoms with Crippen molar-refractivity contribution >= 4 is 38.9 Å². The molecular formula is C20H29BrN2O4. The van der Waals surface area contributed by atoms with Gasteiger partial charge in [0.25, 0.3) is 0 Å². The Kier molecular flexibility index (Phi) is 11.8. The molecule has 4 N–H and O–H groups in total. The van der Waals surface area contributed by atoms with Crippen molar-refractivity contribution in [2.45, 2.75) is 28.7 Å². The Balaban J connectivity index is 0. The topological polar surface area (TPSA) is 105 Å². The summed E-state index contributed by atoms with van der Waals surface area (Å²) in [5.74, 6) is 1.20. The van der Waals surface area contributed by atoms with E-state index >= 15 is 0 Å². The molecular weight excluding hydrogens is 412 g/mol. The minimum atomic E-state index is -0.0548. The van der Waals surface area contributed by atoms with Crippen LogP contribution in [-0.4, -0.2) is 25.8 Å². The molecule has 2 aromatic carbocycles. The van der Waals surface area contributed by atoms with Crippen LogP contribution >= 0.6 is 15.9 Å². The van der Waals surface area contributed by atoms with Gasteiger partial charge in [-0.3, -0.25) is 9.59 Å². The molecule has 0 aliphatic rings. The Bertz CT molecular complexity index is 792. The van der Waals surface area contributed by atoms with Crippen molar-refractivity contribution in [2.24, 2.45) is 0 Å². The second kappa shape index (κ2) is 12.0. The van der Waals surface area contributed by atoms with Crippen LogP contribution in [0.5, 0.6) is 11.5 Å². The molecule has 0 aliphatic carbocycles. The minimum Gasteiger partial charge on any atom is -0.497 e. The van der Waals surface area contributed by atoms with Gasteiger partial charge >= 0.3 is 0 Å². The van der Waals surface area contributed by atoms with Gasteiger partial charge < -0.3 is 20.9 Å². The third kappa shape index (κ3) is 7.30. The van der Waals surface area contributed by atoms with Crippen molar-refractivity contribution in [3.8, 4) is 11.5 Å². The molecule has 0 bridgehead atoms. The van der Waals surface area contributed by atoms with Crippen molar-refractivity contribution in [3.63, 3.8) is 0 Å². The Morgan fingerprint density at radius 1 is 0.852 bits per heavy atom. The van der Waals surface area contributed by atoms with Crippen LogP contribution in [0.3, 0.4) is 0 Å². The van der Waals surface area contributed by atoms with Crippen LogP contribution in [0.15, 0.2) is 34.8 Å². The number of halogens is 1. The minimum absolute atomic E-state index is 0. The Hall–Kier alpha value is -2.54. The van der Waals surface area contributed by atoms with Crippen molar-refractivity contribution in [1.82, 2.24) is 0 Å². The van der Waals surface area contributed by atoms with Crippen LogP contribution in [0, 0.1) is 0 Å². The average Bonchev–Trinajstić information content (AvgIpc) is 2.56. The molecule has 0 aliphatic heterocycles. The average molecular weight is 441 g/mol. The van der Waals surface area contributed by atoms with Gasteiger partial charge in [0.1, 0.15) is 11.5 Å². The van der Waals surface area contributed by atoms with E-state index in [0.29, 0.717) is 34.0 Å². The monoisotopic (exact) mass is 440 g/mol. The number of carbonyl (C=O) groups excluding carboxylic acids is 2. The van der Waals surface area contributed by atoms with Gasteiger partial charge in [-0.2, -0.15) is 0 Å². The molecule has 2 aromatic rings. The second-order valence-electron chi connectivity index (χ2n) is 5.14. The molecule has 150 valence electrons. The summed E-state index contributed by atoms with van der Waals surface area (Å²) in [5.41, 5.74) is 13.2. The largest absolute Gasteiger partial charge is 0.497 e. The molecule has 0 amide bonds. The van der Waals surface area contributed by atoms with Crippen molar-refractivity contribution in [2.75, 3.05) is 25.7 Å². The highest BCUT2D eigenvalue weighted by Gasteiger charge is 2.09. The third-order valence-corrected chi connectivity index (χ3v) is 3.96. The highest BCUT2D eigenvalue weighted by atomic mass is 79.9. The van der Waals surface area contributed by atoms with Crippen LogP contribution in [-0.2, 0) is 0 Å². The van der Waals surface area contributed by atoms with E-state index < -0.39 is 0 Å². The molecule has 6 nitrogen and oxygen atoms in total. The van der Waals surface area contributed by atoms with Gasteiger partial charge in [0.05, 0.1) is 18.7 Å². The summed E-state index contributed by atoms with van der Waals surface area (Å²) in [5, 5.41) is 0. The summed E-state index contributed by atoms with van der Waals surface area (Å²) < 4.78 is 10.7. The fourth-order valence-corrected chi connectivity index (χ4v) is 2.52. The van der Waals surface area contributed by atoms with E-state index in [-0.39, 0.29) is 26.4 Å². The number of hydrogen-bond acceptors (Lipinski definition) is 6. The number of Topliss-reactive ketones (excluding diaryl/α,β-unsaturated/α-hetero) is 2. The SMILES string of the molecule is C.C.COc1cc(N)c(C(C)=O)cc1Br.COc1ccc(C(C)=O)c(N)c1. The molecule has 0 atom stereocenters. The predicted molar refractivity (Wildman–Crippen MR) is 116 cm³/mol. The number of methoxy groups -OCH3 is 2. The van der Waals surface area contributed by atoms with E-state index in [1.807, 2.05) is 0 Å². The van der Waals surface area contributed by atoms with Gasteiger partial charge in [-0.25, -0.2) is 0 Å². The zero-order chi connectivity index (χ0) is 19.1. The molecule has 0 saturated carbocycles. The van der Waals surface area contributed by atoms with Crippen LogP contribution in [0.4, 0.5) is 11.4 Å². The number of benzene rings is 2. The van der Waals surface area contributed by atoms with Crippen molar-refractivity contribution in [3.05, 3.63) is 45.9 Å². The summed E-state index contributed by atoms with van der Waals surface area (Å²) >= 11 is 3.28. The maximum Gasteiger partial charge on any atom is 0.161 e. The van der Waals surface area contributed by atoms with Gasteiger partial charge in [0.2, 0.25) is 0 Å². The van der Waals surface area contributed by atoms with E-state index in [1.54, 1.807) is 44.6 Å². The maximum absolute atomic E-state index is 11.1. The summed E-state index contributed by atoms with van der Waals surface area (Å²) in [4.78, 5) is 22.0. The number of carbonyl (C=O) groups is 2. The van der Waals surface area contributed by atoms with E-state index in [1.165, 1.54) is 13.8 Å². The number of rotatable bonds is 4. The first-order valence-electron chi connectivity index (χ1n) is 7.29. The molecule has 0 aromatic heterocycles. The number of hydrogen-bond donors (Lipinski definition) is 2. The normalized spacial score (nSPS) is 8.93. The number of anilines is 2. The van der Waals surface area contributed by atoms with Gasteiger partial charge in [-0.15, -0.1) is 0 Å². The fraction of sp³-hybridized carbons (Fsp3) is 0.300. The molecule has 27 heavy (non-hydrogen) atoms. The predicted octanol–water partition coefficient (Wildman–Crippen LogP) is 4.99. The molecule has 0 fully saturated rings. The smallest absolute Gasteiger partial charge is 0.161 e. The van der Waals surface area contributed by atoms with Gasteiger partial charge in [-0.1, -0.05) is 14.9 Å². The Morgan fingerprint density at radius 2 is 1.37 bits per heavy atom. The standard InChI is InChI=1S/C9H10BrNO2.C9H11NO2.2CH4/c1-5(12)6-3-7(10)9(13-2)4-8(6)11;1-6(11)8-4-3-7(12-2)5-9(8)10;;/h3-4H,11H2,1-2H3;3-5H,10H2,1-2H3;2*1H4. The Labute approximate surface area is 170 Å². The summed E-state index contributed by atoms with van der Waals surface area (Å²) in [6, 6.07) is 8.30. The zero-order valence-electron chi connectivity index (χ0n) is 14.6. The van der Waals surface area contributed by atoms with Crippen molar-refractivity contribution < 1.29 is 19.1 Å². The van der Waals surface area contributed by atoms with Gasteiger partial charge in [-0.05, 0) is 48.0 Å². The summed E-state index contributed by atoms with van der Waals surface area (Å²) in [6.45, 7) is 2.96. The number of nitrogens with two attached hydrogens (primary N) is 2. The van der Waals surface area contributed by atoms with Crippen LogP contribution < -0.4 is 20.9 Å². The van der Waals surface area contributed by atoms with Gasteiger partial charge in [0, 0.05) is 34.6 Å². The number of nitrogen functional groups attached to an aromatic ring is 2. The lowest BCUT2D eigenvalue weighted by Gasteiger charge is -2.07. The molecule has 0 heterocycles. The lowest BCUT2D eigenvalue weighted by atomic mass is 10.1. The Morgan fingerprint density at radius 3 is 1.78 bits per heavy atom. The quantitative estimate of drug-likeness (QED) is 0.511. The van der Waals surface area contributed by atoms with E-state index in [2.05, 4.69) is 15.9 Å². The van der Waals surface area contributed by atoms with E-state index in [9.17, 15) is 9.59 Å². The first-order valence-corrected chi connectivity index (χ1v) is 8.09. The van der Waals surface area contributed by atoms with Crippen LogP contribution in [0.2, 0.25) is 0 Å². The van der Waals surface area contributed by atoms with E-state index in [0.717, 1.165) is 4.47 Å². The summed E-state index contributed by atoms with van der Waals surface area (Å²) in [6.07, 6.45) is 0. The molecule has 0 unspecified atom stereocenters. The molecule has 0 saturated heterocycles. The molecule has 7 heteroatoms. The highest BCUT2D eigenvalue weighted by Crippen LogP contribution is 2.30. The lowest BCUT2D eigenvalue weighted by molar-refractivity contribution is 0.101. The number of ether oxygens (including phenoxy) is 2. The fourth-order valence-electron chi connectivity index (χ4n) is 2.02. The highest BCUT2D eigenvalue weighted by molar-refractivity contribution is 9.10. The molecule has 0 spiro atoms. The lowest BCUT2D eigenvalue weighted by Crippen LogP contribution is -2.00. The van der Waals surface area contributed by atoms with Gasteiger partial charge in [0.15, 0.2) is 11.6 Å². The number of ketones is 2.